The van der Waals surface area contributed by atoms with Crippen LogP contribution in [-0.4, -0.2) is 6.04 Å². The summed E-state index contributed by atoms with van der Waals surface area (Å²) in [7, 11) is 0. The summed E-state index contributed by atoms with van der Waals surface area (Å²) in [4.78, 5) is 0. The van der Waals surface area contributed by atoms with Crippen LogP contribution < -0.4 is 10.5 Å². The van der Waals surface area contributed by atoms with E-state index >= 15 is 0 Å². The van der Waals surface area contributed by atoms with Crippen LogP contribution in [-0.2, 0) is 0 Å². The predicted octanol–water partition coefficient (Wildman–Crippen LogP) is 4.13. The number of halogens is 2. The maximum Gasteiger partial charge on any atom is 0.142 e. The SMILES string of the molecule is CCC(N)C(Oc1ccc(C)c(F)c1)c1ccccc1F. The molecule has 2 rings (SSSR count). The van der Waals surface area contributed by atoms with Gasteiger partial charge in [-0.2, -0.15) is 0 Å². The molecule has 0 aliphatic carbocycles. The Balaban J connectivity index is 2.33. The third-order valence-corrected chi connectivity index (χ3v) is 3.48. The van der Waals surface area contributed by atoms with Gasteiger partial charge >= 0.3 is 0 Å². The molecule has 2 N–H and O–H groups in total. The maximum atomic E-state index is 14.0. The van der Waals surface area contributed by atoms with Gasteiger partial charge in [0.05, 0.1) is 0 Å². The molecule has 0 fully saturated rings. The lowest BCUT2D eigenvalue weighted by molar-refractivity contribution is 0.166. The molecule has 0 spiro atoms. The smallest absolute Gasteiger partial charge is 0.142 e. The van der Waals surface area contributed by atoms with E-state index in [9.17, 15) is 8.78 Å². The fourth-order valence-electron chi connectivity index (χ4n) is 2.09. The average Bonchev–Trinajstić information content (AvgIpc) is 2.48. The average molecular weight is 291 g/mol. The van der Waals surface area contributed by atoms with Gasteiger partial charge in [-0.05, 0) is 31.0 Å². The summed E-state index contributed by atoms with van der Waals surface area (Å²) in [6.07, 6.45) is -0.0359. The molecular formula is C17H19F2NO. The Labute approximate surface area is 123 Å². The Hall–Kier alpha value is -1.94. The minimum absolute atomic E-state index is 0.343. The second-order valence-electron chi connectivity index (χ2n) is 5.04. The number of nitrogens with two attached hydrogens (primary N) is 1. The van der Waals surface area contributed by atoms with Crippen LogP contribution in [0.3, 0.4) is 0 Å². The molecule has 0 aliphatic rings. The first-order chi connectivity index (χ1) is 10.0. The van der Waals surface area contributed by atoms with Gasteiger partial charge in [0.1, 0.15) is 23.5 Å². The van der Waals surface area contributed by atoms with Crippen molar-refractivity contribution >= 4 is 0 Å². The van der Waals surface area contributed by atoms with Crippen molar-refractivity contribution in [3.05, 3.63) is 65.2 Å². The Morgan fingerprint density at radius 2 is 1.81 bits per heavy atom. The van der Waals surface area contributed by atoms with Crippen molar-refractivity contribution in [3.63, 3.8) is 0 Å². The first kappa shape index (κ1) is 15.4. The van der Waals surface area contributed by atoms with Crippen molar-refractivity contribution in [2.24, 2.45) is 5.73 Å². The van der Waals surface area contributed by atoms with Crippen molar-refractivity contribution in [1.29, 1.82) is 0 Å². The molecule has 2 aromatic carbocycles. The minimum atomic E-state index is -0.654. The second-order valence-corrected chi connectivity index (χ2v) is 5.04. The van der Waals surface area contributed by atoms with Crippen molar-refractivity contribution in [1.82, 2.24) is 0 Å². The number of rotatable bonds is 5. The van der Waals surface area contributed by atoms with E-state index in [0.717, 1.165) is 0 Å². The highest BCUT2D eigenvalue weighted by Crippen LogP contribution is 2.28. The van der Waals surface area contributed by atoms with Crippen LogP contribution in [0.15, 0.2) is 42.5 Å². The molecule has 112 valence electrons. The van der Waals surface area contributed by atoms with Crippen LogP contribution in [0.25, 0.3) is 0 Å². The molecule has 21 heavy (non-hydrogen) atoms. The van der Waals surface area contributed by atoms with E-state index in [1.165, 1.54) is 12.1 Å². The molecular weight excluding hydrogens is 272 g/mol. The number of hydrogen-bond donors (Lipinski definition) is 1. The lowest BCUT2D eigenvalue weighted by atomic mass is 10.00. The molecule has 0 bridgehead atoms. The topological polar surface area (TPSA) is 35.2 Å². The van der Waals surface area contributed by atoms with Gasteiger partial charge in [0, 0.05) is 17.7 Å². The fraction of sp³-hybridized carbons (Fsp3) is 0.294. The molecule has 0 aromatic heterocycles. The Morgan fingerprint density at radius 1 is 1.10 bits per heavy atom. The maximum absolute atomic E-state index is 14.0. The van der Waals surface area contributed by atoms with Crippen molar-refractivity contribution < 1.29 is 13.5 Å². The summed E-state index contributed by atoms with van der Waals surface area (Å²) in [5.74, 6) is -0.390. The number of benzene rings is 2. The summed E-state index contributed by atoms with van der Waals surface area (Å²) >= 11 is 0. The number of hydrogen-bond acceptors (Lipinski definition) is 2. The van der Waals surface area contributed by atoms with Gasteiger partial charge in [-0.25, -0.2) is 8.78 Å². The lowest BCUT2D eigenvalue weighted by Gasteiger charge is -2.25. The second kappa shape index (κ2) is 6.68. The summed E-state index contributed by atoms with van der Waals surface area (Å²) in [5, 5.41) is 0. The van der Waals surface area contributed by atoms with Crippen LogP contribution in [0, 0.1) is 18.6 Å². The lowest BCUT2D eigenvalue weighted by Crippen LogP contribution is -2.32. The third-order valence-electron chi connectivity index (χ3n) is 3.48. The third kappa shape index (κ3) is 3.58. The zero-order valence-corrected chi connectivity index (χ0v) is 12.1. The van der Waals surface area contributed by atoms with E-state index in [2.05, 4.69) is 0 Å². The van der Waals surface area contributed by atoms with E-state index in [4.69, 9.17) is 10.5 Å². The quantitative estimate of drug-likeness (QED) is 0.899. The zero-order valence-electron chi connectivity index (χ0n) is 12.1. The minimum Gasteiger partial charge on any atom is -0.484 e. The van der Waals surface area contributed by atoms with E-state index in [1.54, 1.807) is 37.3 Å². The predicted molar refractivity (Wildman–Crippen MR) is 79.2 cm³/mol. The van der Waals surface area contributed by atoms with Crippen molar-refractivity contribution in [2.45, 2.75) is 32.4 Å². The molecule has 0 radical (unpaired) electrons. The molecule has 0 saturated heterocycles. The zero-order chi connectivity index (χ0) is 15.4. The van der Waals surface area contributed by atoms with Crippen LogP contribution in [0.1, 0.15) is 30.6 Å². The largest absolute Gasteiger partial charge is 0.484 e. The molecule has 2 unspecified atom stereocenters. The first-order valence-electron chi connectivity index (χ1n) is 6.95. The molecule has 0 saturated carbocycles. The first-order valence-corrected chi connectivity index (χ1v) is 6.95. The Bertz CT molecular complexity index is 615. The molecule has 2 atom stereocenters. The summed E-state index contributed by atoms with van der Waals surface area (Å²) in [5.41, 5.74) is 6.96. The van der Waals surface area contributed by atoms with Crippen LogP contribution >= 0.6 is 0 Å². The van der Waals surface area contributed by atoms with E-state index in [-0.39, 0.29) is 17.7 Å². The molecule has 2 aromatic rings. The Morgan fingerprint density at radius 3 is 2.43 bits per heavy atom. The fourth-order valence-corrected chi connectivity index (χ4v) is 2.09. The highest BCUT2D eigenvalue weighted by molar-refractivity contribution is 5.30. The van der Waals surface area contributed by atoms with Gasteiger partial charge in [-0.1, -0.05) is 31.2 Å². The molecule has 0 amide bonds. The highest BCUT2D eigenvalue weighted by atomic mass is 19.1. The number of aryl methyl sites for hydroxylation is 1. The van der Waals surface area contributed by atoms with Crippen molar-refractivity contribution in [2.75, 3.05) is 0 Å². The van der Waals surface area contributed by atoms with Crippen LogP contribution in [0.5, 0.6) is 5.75 Å². The van der Waals surface area contributed by atoms with Gasteiger partial charge in [0.2, 0.25) is 0 Å². The number of ether oxygens (including phenoxy) is 1. The highest BCUT2D eigenvalue weighted by Gasteiger charge is 2.23. The molecule has 2 nitrogen and oxygen atoms in total. The molecule has 0 aliphatic heterocycles. The summed E-state index contributed by atoms with van der Waals surface area (Å²) in [6.45, 7) is 3.57. The van der Waals surface area contributed by atoms with Gasteiger partial charge < -0.3 is 10.5 Å². The summed E-state index contributed by atoms with van der Waals surface area (Å²) in [6, 6.07) is 10.5. The van der Waals surface area contributed by atoms with E-state index < -0.39 is 6.10 Å². The normalized spacial score (nSPS) is 13.8. The van der Waals surface area contributed by atoms with Crippen LogP contribution in [0.4, 0.5) is 8.78 Å². The van der Waals surface area contributed by atoms with Gasteiger partial charge in [-0.3, -0.25) is 0 Å². The summed E-state index contributed by atoms with van der Waals surface area (Å²) < 4.78 is 33.3. The Kier molecular flexibility index (Phi) is 4.91. The van der Waals surface area contributed by atoms with Gasteiger partial charge in [0.15, 0.2) is 0 Å². The van der Waals surface area contributed by atoms with Gasteiger partial charge in [-0.15, -0.1) is 0 Å². The van der Waals surface area contributed by atoms with E-state index in [0.29, 0.717) is 23.3 Å². The van der Waals surface area contributed by atoms with E-state index in [1.807, 2.05) is 6.92 Å². The molecule has 4 heteroatoms. The van der Waals surface area contributed by atoms with Crippen LogP contribution in [0.2, 0.25) is 0 Å². The monoisotopic (exact) mass is 291 g/mol. The standard InChI is InChI=1S/C17H19F2NO/c1-3-16(20)17(13-6-4-5-7-14(13)18)21-12-9-8-11(2)15(19)10-12/h4-10,16-17H,3,20H2,1-2H3. The van der Waals surface area contributed by atoms with Gasteiger partial charge in [0.25, 0.3) is 0 Å². The van der Waals surface area contributed by atoms with Crippen molar-refractivity contribution in [3.8, 4) is 5.75 Å². The molecule has 0 heterocycles.